The summed E-state index contributed by atoms with van der Waals surface area (Å²) in [6.07, 6.45) is 1.02. The summed E-state index contributed by atoms with van der Waals surface area (Å²) >= 11 is 0. The molecule has 0 amide bonds. The van der Waals surface area contributed by atoms with Gasteiger partial charge in [-0.15, -0.1) is 0 Å². The Morgan fingerprint density at radius 3 is 2.47 bits per heavy atom. The summed E-state index contributed by atoms with van der Waals surface area (Å²) in [5.74, 6) is 1.06. The Hall–Kier alpha value is -0.850. The van der Waals surface area contributed by atoms with E-state index in [2.05, 4.69) is 17.0 Å². The summed E-state index contributed by atoms with van der Waals surface area (Å²) in [6, 6.07) is 1.59. The first kappa shape index (κ1) is 16.2. The van der Waals surface area contributed by atoms with Crippen molar-refractivity contribution in [2.75, 3.05) is 6.54 Å². The normalized spacial score (nSPS) is 12.9. The lowest BCUT2D eigenvalue weighted by molar-refractivity contribution is 0.455. The summed E-state index contributed by atoms with van der Waals surface area (Å²) in [7, 11) is -3.53. The molecule has 0 aromatic carbocycles. The molecule has 1 aromatic rings. The molecule has 0 spiro atoms. The highest BCUT2D eigenvalue weighted by Crippen LogP contribution is 2.21. The number of sulfonamides is 1. The average Bonchev–Trinajstić information content (AvgIpc) is 2.57. The number of hydrogen-bond acceptors (Lipinski definition) is 4. The molecule has 110 valence electrons. The van der Waals surface area contributed by atoms with Gasteiger partial charge in [0.15, 0.2) is 0 Å². The summed E-state index contributed by atoms with van der Waals surface area (Å²) in [5, 5.41) is 3.18. The largest absolute Gasteiger partial charge is 0.464 e. The standard InChI is InChI=1S/C13H24N2O3S/c1-6-7-14-9-11-8-12(10(2)18-11)19(16,17)15-13(3,4)5/h8,14-15H,6-7,9H2,1-5H3. The van der Waals surface area contributed by atoms with Crippen LogP contribution in [0, 0.1) is 6.92 Å². The van der Waals surface area contributed by atoms with E-state index in [1.54, 1.807) is 13.0 Å². The quantitative estimate of drug-likeness (QED) is 0.787. The van der Waals surface area contributed by atoms with Crippen LogP contribution < -0.4 is 10.0 Å². The lowest BCUT2D eigenvalue weighted by Crippen LogP contribution is -2.40. The lowest BCUT2D eigenvalue weighted by atomic mass is 10.1. The first-order valence-corrected chi connectivity index (χ1v) is 7.98. The van der Waals surface area contributed by atoms with Crippen LogP contribution in [-0.2, 0) is 16.6 Å². The van der Waals surface area contributed by atoms with Gasteiger partial charge >= 0.3 is 0 Å². The Balaban J connectivity index is 2.89. The molecule has 19 heavy (non-hydrogen) atoms. The first-order chi connectivity index (χ1) is 8.65. The van der Waals surface area contributed by atoms with Crippen molar-refractivity contribution in [3.63, 3.8) is 0 Å². The Morgan fingerprint density at radius 2 is 1.95 bits per heavy atom. The second-order valence-corrected chi connectivity index (χ2v) is 7.32. The van der Waals surface area contributed by atoms with Gasteiger partial charge in [-0.25, -0.2) is 13.1 Å². The second kappa shape index (κ2) is 6.07. The minimum absolute atomic E-state index is 0.218. The topological polar surface area (TPSA) is 71.3 Å². The molecule has 0 atom stereocenters. The Labute approximate surface area is 115 Å². The zero-order valence-electron chi connectivity index (χ0n) is 12.3. The summed E-state index contributed by atoms with van der Waals surface area (Å²) < 4.78 is 32.5. The van der Waals surface area contributed by atoms with Gasteiger partial charge in [0.05, 0.1) is 6.54 Å². The van der Waals surface area contributed by atoms with Crippen LogP contribution in [0.3, 0.4) is 0 Å². The Bertz CT molecular complexity index is 512. The second-order valence-electron chi connectivity index (χ2n) is 5.67. The summed E-state index contributed by atoms with van der Waals surface area (Å²) in [5.41, 5.74) is -0.511. The van der Waals surface area contributed by atoms with E-state index in [4.69, 9.17) is 4.42 Å². The van der Waals surface area contributed by atoms with Gasteiger partial charge in [-0.1, -0.05) is 6.92 Å². The Kier molecular flexibility index (Phi) is 5.18. The van der Waals surface area contributed by atoms with Crippen molar-refractivity contribution in [1.29, 1.82) is 0 Å². The van der Waals surface area contributed by atoms with E-state index >= 15 is 0 Å². The van der Waals surface area contributed by atoms with Gasteiger partial charge in [-0.05, 0) is 40.7 Å². The smallest absolute Gasteiger partial charge is 0.244 e. The maximum Gasteiger partial charge on any atom is 0.244 e. The van der Waals surface area contributed by atoms with E-state index in [0.29, 0.717) is 18.1 Å². The molecule has 0 aliphatic heterocycles. The third-order valence-electron chi connectivity index (χ3n) is 2.38. The molecule has 1 heterocycles. The number of hydrogen-bond donors (Lipinski definition) is 2. The molecule has 0 aliphatic rings. The molecular weight excluding hydrogens is 264 g/mol. The lowest BCUT2D eigenvalue weighted by Gasteiger charge is -2.19. The van der Waals surface area contributed by atoms with E-state index in [-0.39, 0.29) is 4.90 Å². The number of rotatable bonds is 6. The van der Waals surface area contributed by atoms with Crippen molar-refractivity contribution in [3.05, 3.63) is 17.6 Å². The van der Waals surface area contributed by atoms with Crippen LogP contribution in [0.15, 0.2) is 15.4 Å². The maximum absolute atomic E-state index is 12.2. The average molecular weight is 288 g/mol. The number of aryl methyl sites for hydroxylation is 1. The highest BCUT2D eigenvalue weighted by Gasteiger charge is 2.26. The van der Waals surface area contributed by atoms with E-state index in [0.717, 1.165) is 13.0 Å². The predicted octanol–water partition coefficient (Wildman–Crippen LogP) is 2.16. The van der Waals surface area contributed by atoms with Crippen LogP contribution in [0.1, 0.15) is 45.6 Å². The van der Waals surface area contributed by atoms with Crippen molar-refractivity contribution in [1.82, 2.24) is 10.0 Å². The van der Waals surface area contributed by atoms with Crippen molar-refractivity contribution < 1.29 is 12.8 Å². The summed E-state index contributed by atoms with van der Waals surface area (Å²) in [4.78, 5) is 0.218. The molecule has 0 saturated carbocycles. The maximum atomic E-state index is 12.2. The molecule has 6 heteroatoms. The fraction of sp³-hybridized carbons (Fsp3) is 0.692. The molecular formula is C13H24N2O3S. The highest BCUT2D eigenvalue weighted by molar-refractivity contribution is 7.89. The molecule has 1 aromatic heterocycles. The zero-order chi connectivity index (χ0) is 14.7. The minimum Gasteiger partial charge on any atom is -0.464 e. The van der Waals surface area contributed by atoms with Gasteiger partial charge in [0.1, 0.15) is 16.4 Å². The fourth-order valence-corrected chi connectivity index (χ4v) is 3.35. The van der Waals surface area contributed by atoms with Gasteiger partial charge in [-0.2, -0.15) is 0 Å². The monoisotopic (exact) mass is 288 g/mol. The molecule has 0 saturated heterocycles. The number of nitrogens with one attached hydrogen (secondary N) is 2. The van der Waals surface area contributed by atoms with E-state index < -0.39 is 15.6 Å². The van der Waals surface area contributed by atoms with Gasteiger partial charge in [0.2, 0.25) is 10.0 Å². The van der Waals surface area contributed by atoms with Crippen molar-refractivity contribution >= 4 is 10.0 Å². The van der Waals surface area contributed by atoms with Crippen LogP contribution in [0.2, 0.25) is 0 Å². The van der Waals surface area contributed by atoms with Crippen LogP contribution in [0.4, 0.5) is 0 Å². The van der Waals surface area contributed by atoms with Crippen molar-refractivity contribution in [2.24, 2.45) is 0 Å². The van der Waals surface area contributed by atoms with E-state index in [9.17, 15) is 8.42 Å². The minimum atomic E-state index is -3.53. The molecule has 0 unspecified atom stereocenters. The first-order valence-electron chi connectivity index (χ1n) is 6.49. The molecule has 0 radical (unpaired) electrons. The van der Waals surface area contributed by atoms with Crippen molar-refractivity contribution in [2.45, 2.75) is 58.0 Å². The molecule has 5 nitrogen and oxygen atoms in total. The molecule has 1 rings (SSSR count). The predicted molar refractivity (Wildman–Crippen MR) is 75.5 cm³/mol. The molecule has 2 N–H and O–H groups in total. The SMILES string of the molecule is CCCNCc1cc(S(=O)(=O)NC(C)(C)C)c(C)o1. The highest BCUT2D eigenvalue weighted by atomic mass is 32.2. The molecule has 0 fully saturated rings. The third-order valence-corrected chi connectivity index (χ3v) is 4.24. The van der Waals surface area contributed by atoms with Gasteiger partial charge in [0.25, 0.3) is 0 Å². The van der Waals surface area contributed by atoms with Crippen LogP contribution >= 0.6 is 0 Å². The Morgan fingerprint density at radius 1 is 1.32 bits per heavy atom. The fourth-order valence-electron chi connectivity index (χ4n) is 1.72. The third kappa shape index (κ3) is 4.97. The molecule has 0 bridgehead atoms. The van der Waals surface area contributed by atoms with Crippen LogP contribution in [0.5, 0.6) is 0 Å². The summed E-state index contributed by atoms with van der Waals surface area (Å²) in [6.45, 7) is 10.6. The van der Waals surface area contributed by atoms with Crippen molar-refractivity contribution in [3.8, 4) is 0 Å². The van der Waals surface area contributed by atoms with Crippen LogP contribution in [-0.4, -0.2) is 20.5 Å². The van der Waals surface area contributed by atoms with Crippen LogP contribution in [0.25, 0.3) is 0 Å². The van der Waals surface area contributed by atoms with Gasteiger partial charge in [0, 0.05) is 11.6 Å². The zero-order valence-corrected chi connectivity index (χ0v) is 13.1. The van der Waals surface area contributed by atoms with Gasteiger partial charge < -0.3 is 9.73 Å². The van der Waals surface area contributed by atoms with E-state index in [1.165, 1.54) is 0 Å². The van der Waals surface area contributed by atoms with Gasteiger partial charge in [-0.3, -0.25) is 0 Å². The molecule has 0 aliphatic carbocycles. The number of furan rings is 1. The van der Waals surface area contributed by atoms with E-state index in [1.807, 2.05) is 20.8 Å².